The van der Waals surface area contributed by atoms with Crippen LogP contribution in [0.4, 0.5) is 0 Å². The molecule has 25 heavy (non-hydrogen) atoms. The lowest BCUT2D eigenvalue weighted by Gasteiger charge is -2.27. The highest BCUT2D eigenvalue weighted by molar-refractivity contribution is 7.15. The summed E-state index contributed by atoms with van der Waals surface area (Å²) in [5.41, 5.74) is 4.18. The highest BCUT2D eigenvalue weighted by Crippen LogP contribution is 2.32. The van der Waals surface area contributed by atoms with Crippen molar-refractivity contribution in [3.8, 4) is 10.6 Å². The number of aromatic amines is 1. The number of nitrogens with one attached hydrogen (secondary N) is 1. The van der Waals surface area contributed by atoms with Gasteiger partial charge in [0, 0.05) is 5.92 Å². The molecule has 0 atom stereocenters. The predicted molar refractivity (Wildman–Crippen MR) is 105 cm³/mol. The van der Waals surface area contributed by atoms with E-state index in [4.69, 9.17) is 4.98 Å². The summed E-state index contributed by atoms with van der Waals surface area (Å²) in [6.45, 7) is 6.36. The number of aryl methyl sites for hydroxylation is 2. The van der Waals surface area contributed by atoms with Crippen LogP contribution in [0.1, 0.15) is 35.3 Å². The smallest absolute Gasteiger partial charge is 0.132 e. The van der Waals surface area contributed by atoms with Crippen LogP contribution in [0.25, 0.3) is 21.6 Å². The van der Waals surface area contributed by atoms with E-state index < -0.39 is 0 Å². The number of aromatic nitrogens is 4. The number of likely N-dealkylation sites (tertiary alicyclic amines) is 1. The number of nitrogens with zero attached hydrogens (tertiary/aromatic N) is 4. The predicted octanol–water partition coefficient (Wildman–Crippen LogP) is 3.10. The van der Waals surface area contributed by atoms with Crippen LogP contribution in [0, 0.1) is 13.8 Å². The highest BCUT2D eigenvalue weighted by atomic mass is 35.5. The summed E-state index contributed by atoms with van der Waals surface area (Å²) in [6, 6.07) is 2.13. The molecule has 1 fully saturated rings. The van der Waals surface area contributed by atoms with Gasteiger partial charge < -0.3 is 15.4 Å². The summed E-state index contributed by atoms with van der Waals surface area (Å²) in [5, 5.41) is 1.09. The van der Waals surface area contributed by atoms with Crippen molar-refractivity contribution < 1.29 is 5.48 Å². The van der Waals surface area contributed by atoms with Crippen LogP contribution in [0.15, 0.2) is 12.3 Å². The Kier molecular flexibility index (Phi) is 6.16. The van der Waals surface area contributed by atoms with Gasteiger partial charge in [0.05, 0.1) is 38.5 Å². The van der Waals surface area contributed by atoms with Crippen LogP contribution in [0.5, 0.6) is 0 Å². The molecule has 0 aliphatic carbocycles. The molecule has 1 aliphatic heterocycles. The minimum atomic E-state index is 0. The second-order valence-corrected chi connectivity index (χ2v) is 7.64. The van der Waals surface area contributed by atoms with Crippen LogP contribution in [0.3, 0.4) is 0 Å². The van der Waals surface area contributed by atoms with Crippen molar-refractivity contribution in [3.05, 3.63) is 28.8 Å². The van der Waals surface area contributed by atoms with Gasteiger partial charge in [-0.3, -0.25) is 0 Å². The topological polar surface area (TPSA) is 89.2 Å². The number of thiazole rings is 1. The molecule has 3 aromatic heterocycles. The first-order valence-electron chi connectivity index (χ1n) is 8.09. The Morgan fingerprint density at radius 3 is 2.56 bits per heavy atom. The van der Waals surface area contributed by atoms with Crippen LogP contribution >= 0.6 is 23.7 Å². The molecule has 0 unspecified atom stereocenters. The summed E-state index contributed by atoms with van der Waals surface area (Å²) in [6.07, 6.45) is 4.22. The molecular formula is C17H24ClN5OS. The van der Waals surface area contributed by atoms with Gasteiger partial charge in [0.2, 0.25) is 0 Å². The first-order valence-corrected chi connectivity index (χ1v) is 8.90. The third-order valence-corrected chi connectivity index (χ3v) is 5.73. The number of fused-ring (bicyclic) bond motifs is 1. The SMILES string of the molecule is Cc1nc(C)c(-c2cc3nc(C4CCN(C)CC4)ncc3[nH]2)s1.Cl.O. The van der Waals surface area contributed by atoms with Gasteiger partial charge >= 0.3 is 0 Å². The van der Waals surface area contributed by atoms with Gasteiger partial charge in [-0.2, -0.15) is 0 Å². The Morgan fingerprint density at radius 2 is 1.92 bits per heavy atom. The molecule has 4 heterocycles. The van der Waals surface area contributed by atoms with Gasteiger partial charge in [-0.25, -0.2) is 15.0 Å². The first-order chi connectivity index (χ1) is 11.1. The molecule has 0 bridgehead atoms. The lowest BCUT2D eigenvalue weighted by atomic mass is 9.96. The van der Waals surface area contributed by atoms with Crippen molar-refractivity contribution in [3.63, 3.8) is 0 Å². The van der Waals surface area contributed by atoms with E-state index in [1.807, 2.05) is 13.1 Å². The molecule has 3 N–H and O–H groups in total. The van der Waals surface area contributed by atoms with Gasteiger partial charge in [0.1, 0.15) is 5.82 Å². The van der Waals surface area contributed by atoms with Gasteiger partial charge in [-0.1, -0.05) is 0 Å². The molecular weight excluding hydrogens is 358 g/mol. The van der Waals surface area contributed by atoms with E-state index >= 15 is 0 Å². The molecule has 136 valence electrons. The minimum Gasteiger partial charge on any atom is -0.412 e. The molecule has 0 saturated carbocycles. The normalized spacial score (nSPS) is 15.8. The van der Waals surface area contributed by atoms with Gasteiger partial charge in [-0.05, 0) is 52.9 Å². The lowest BCUT2D eigenvalue weighted by molar-refractivity contribution is 0.251. The number of H-pyrrole nitrogens is 1. The van der Waals surface area contributed by atoms with E-state index in [9.17, 15) is 0 Å². The number of hydrogen-bond donors (Lipinski definition) is 1. The van der Waals surface area contributed by atoms with Crippen LogP contribution in [-0.4, -0.2) is 50.4 Å². The maximum absolute atomic E-state index is 4.83. The second kappa shape index (κ2) is 7.78. The Bertz CT molecular complexity index is 854. The number of rotatable bonds is 2. The van der Waals surface area contributed by atoms with Crippen LogP contribution in [-0.2, 0) is 0 Å². The molecule has 0 amide bonds. The fourth-order valence-corrected chi connectivity index (χ4v) is 4.19. The number of piperidine rings is 1. The quantitative estimate of drug-likeness (QED) is 0.738. The molecule has 0 radical (unpaired) electrons. The molecule has 1 saturated heterocycles. The van der Waals surface area contributed by atoms with Gasteiger partial charge in [0.25, 0.3) is 0 Å². The van der Waals surface area contributed by atoms with E-state index in [0.29, 0.717) is 5.92 Å². The second-order valence-electron chi connectivity index (χ2n) is 6.44. The Hall–Kier alpha value is -1.54. The van der Waals surface area contributed by atoms with Gasteiger partial charge in [-0.15, -0.1) is 23.7 Å². The van der Waals surface area contributed by atoms with E-state index in [1.54, 1.807) is 11.3 Å². The van der Waals surface area contributed by atoms with E-state index in [1.165, 1.54) is 4.88 Å². The minimum absolute atomic E-state index is 0. The maximum Gasteiger partial charge on any atom is 0.132 e. The van der Waals surface area contributed by atoms with Crippen LogP contribution in [0.2, 0.25) is 0 Å². The van der Waals surface area contributed by atoms with E-state index in [0.717, 1.165) is 59.2 Å². The van der Waals surface area contributed by atoms with Crippen molar-refractivity contribution >= 4 is 34.8 Å². The Morgan fingerprint density at radius 1 is 1.20 bits per heavy atom. The van der Waals surface area contributed by atoms with Gasteiger partial charge in [0.15, 0.2) is 0 Å². The van der Waals surface area contributed by atoms with Crippen molar-refractivity contribution in [2.24, 2.45) is 0 Å². The van der Waals surface area contributed by atoms with Crippen molar-refractivity contribution in [2.75, 3.05) is 20.1 Å². The summed E-state index contributed by atoms with van der Waals surface area (Å²) >= 11 is 1.72. The molecule has 4 rings (SSSR count). The fourth-order valence-electron chi connectivity index (χ4n) is 3.30. The zero-order valence-corrected chi connectivity index (χ0v) is 16.3. The molecule has 3 aromatic rings. The molecule has 1 aliphatic rings. The standard InChI is InChI=1S/C17H21N5S.ClH.H2O/c1-10-16(23-11(2)19-10)14-8-13-15(20-14)9-18-17(21-13)12-4-6-22(3)7-5-12;;/h8-9,12,20H,4-7H2,1-3H3;1H;1H2. The monoisotopic (exact) mass is 381 g/mol. The average Bonchev–Trinajstić information content (AvgIpc) is 3.09. The molecule has 6 nitrogen and oxygen atoms in total. The zero-order chi connectivity index (χ0) is 16.0. The van der Waals surface area contributed by atoms with E-state index in [-0.39, 0.29) is 17.9 Å². The van der Waals surface area contributed by atoms with Crippen molar-refractivity contribution in [2.45, 2.75) is 32.6 Å². The average molecular weight is 382 g/mol. The first kappa shape index (κ1) is 19.8. The molecule has 8 heteroatoms. The fraction of sp³-hybridized carbons (Fsp3) is 0.471. The molecule has 0 spiro atoms. The number of halogens is 1. The maximum atomic E-state index is 4.83. The highest BCUT2D eigenvalue weighted by Gasteiger charge is 2.21. The summed E-state index contributed by atoms with van der Waals surface area (Å²) in [5.74, 6) is 1.48. The van der Waals surface area contributed by atoms with Crippen molar-refractivity contribution in [1.29, 1.82) is 0 Å². The third-order valence-electron chi connectivity index (χ3n) is 4.62. The zero-order valence-electron chi connectivity index (χ0n) is 14.7. The summed E-state index contributed by atoms with van der Waals surface area (Å²) in [4.78, 5) is 21.0. The lowest BCUT2D eigenvalue weighted by Crippen LogP contribution is -2.29. The van der Waals surface area contributed by atoms with Crippen LogP contribution < -0.4 is 0 Å². The largest absolute Gasteiger partial charge is 0.412 e. The van der Waals surface area contributed by atoms with E-state index in [2.05, 4.69) is 39.9 Å². The number of hydrogen-bond acceptors (Lipinski definition) is 5. The Balaban J connectivity index is 0.00000113. The Labute approximate surface area is 157 Å². The summed E-state index contributed by atoms with van der Waals surface area (Å²) < 4.78 is 0. The van der Waals surface area contributed by atoms with Crippen molar-refractivity contribution in [1.82, 2.24) is 24.8 Å². The molecule has 0 aromatic carbocycles. The third kappa shape index (κ3) is 3.84. The summed E-state index contributed by atoms with van der Waals surface area (Å²) in [7, 11) is 2.18.